The summed E-state index contributed by atoms with van der Waals surface area (Å²) in [5.41, 5.74) is -0.938. The Labute approximate surface area is 121 Å². The second kappa shape index (κ2) is 6.39. The molecule has 0 fully saturated rings. The fraction of sp³-hybridized carbons (Fsp3) is 0.733. The average Bonchev–Trinajstić information content (AvgIpc) is 2.76. The van der Waals surface area contributed by atoms with Crippen LogP contribution in [0.2, 0.25) is 0 Å². The summed E-state index contributed by atoms with van der Waals surface area (Å²) in [6.45, 7) is 11.9. The van der Waals surface area contributed by atoms with Gasteiger partial charge >= 0.3 is 5.97 Å². The fourth-order valence-corrected chi connectivity index (χ4v) is 2.68. The van der Waals surface area contributed by atoms with Crippen LogP contribution in [0.4, 0.5) is 0 Å². The zero-order valence-corrected chi connectivity index (χ0v) is 13.3. The molecule has 1 aromatic rings. The molecule has 0 aliphatic carbocycles. The Morgan fingerprint density at radius 3 is 2.45 bits per heavy atom. The van der Waals surface area contributed by atoms with Gasteiger partial charge in [-0.2, -0.15) is 0 Å². The van der Waals surface area contributed by atoms with Crippen molar-refractivity contribution in [3.63, 3.8) is 0 Å². The van der Waals surface area contributed by atoms with Crippen molar-refractivity contribution in [2.75, 3.05) is 0 Å². The summed E-state index contributed by atoms with van der Waals surface area (Å²) < 4.78 is 2.08. The average molecular weight is 281 g/mol. The van der Waals surface area contributed by atoms with E-state index in [0.29, 0.717) is 12.3 Å². The van der Waals surface area contributed by atoms with Crippen LogP contribution in [0.3, 0.4) is 0 Å². The van der Waals surface area contributed by atoms with Gasteiger partial charge in [0.15, 0.2) is 0 Å². The number of aliphatic carboxylic acids is 1. The van der Waals surface area contributed by atoms with Gasteiger partial charge in [-0.05, 0) is 34.1 Å². The third-order valence-electron chi connectivity index (χ3n) is 3.47. The highest BCUT2D eigenvalue weighted by Crippen LogP contribution is 2.25. The van der Waals surface area contributed by atoms with Crippen molar-refractivity contribution < 1.29 is 9.90 Å². The lowest BCUT2D eigenvalue weighted by Crippen LogP contribution is -2.53. The lowest BCUT2D eigenvalue weighted by atomic mass is 9.92. The number of aromatic nitrogens is 2. The molecule has 2 atom stereocenters. The molecule has 0 spiro atoms. The Morgan fingerprint density at radius 2 is 2.00 bits per heavy atom. The second-order valence-corrected chi connectivity index (χ2v) is 6.34. The van der Waals surface area contributed by atoms with E-state index in [9.17, 15) is 9.90 Å². The van der Waals surface area contributed by atoms with E-state index >= 15 is 0 Å². The van der Waals surface area contributed by atoms with E-state index in [2.05, 4.69) is 28.7 Å². The van der Waals surface area contributed by atoms with Crippen LogP contribution in [0.5, 0.6) is 0 Å². The van der Waals surface area contributed by atoms with E-state index in [1.54, 1.807) is 13.1 Å². The first-order chi connectivity index (χ1) is 9.17. The molecule has 20 heavy (non-hydrogen) atoms. The number of nitrogens with one attached hydrogen (secondary N) is 1. The molecule has 0 amide bonds. The smallest absolute Gasteiger partial charge is 0.323 e. The first-order valence-electron chi connectivity index (χ1n) is 7.21. The molecule has 5 nitrogen and oxygen atoms in total. The second-order valence-electron chi connectivity index (χ2n) is 6.34. The third kappa shape index (κ3) is 3.82. The molecule has 0 saturated heterocycles. The largest absolute Gasteiger partial charge is 0.480 e. The van der Waals surface area contributed by atoms with Crippen molar-refractivity contribution in [3.05, 3.63) is 18.2 Å². The highest BCUT2D eigenvalue weighted by atomic mass is 16.4. The number of carbonyl (C=O) groups is 1. The standard InChI is InChI=1S/C15H27N3O2/c1-10(2)13-16-7-8-18(13)12(5)9-15(6,14(19)20)17-11(3)4/h7-8,10-12,17H,9H2,1-6H3,(H,19,20). The Morgan fingerprint density at radius 1 is 1.40 bits per heavy atom. The Kier molecular flexibility index (Phi) is 5.34. The Hall–Kier alpha value is -1.36. The summed E-state index contributed by atoms with van der Waals surface area (Å²) in [5, 5.41) is 12.7. The van der Waals surface area contributed by atoms with Crippen LogP contribution in [0.25, 0.3) is 0 Å². The lowest BCUT2D eigenvalue weighted by Gasteiger charge is -2.32. The van der Waals surface area contributed by atoms with Crippen LogP contribution in [0.1, 0.15) is 65.7 Å². The zero-order chi connectivity index (χ0) is 15.5. The van der Waals surface area contributed by atoms with E-state index in [0.717, 1.165) is 5.82 Å². The van der Waals surface area contributed by atoms with Gasteiger partial charge in [-0.3, -0.25) is 10.1 Å². The summed E-state index contributed by atoms with van der Waals surface area (Å²) in [5.74, 6) is 0.501. The predicted molar refractivity (Wildman–Crippen MR) is 80.0 cm³/mol. The van der Waals surface area contributed by atoms with Crippen LogP contribution >= 0.6 is 0 Å². The number of imidazole rings is 1. The van der Waals surface area contributed by atoms with E-state index in [1.807, 2.05) is 27.0 Å². The number of rotatable bonds is 7. The van der Waals surface area contributed by atoms with Crippen molar-refractivity contribution in [3.8, 4) is 0 Å². The maximum atomic E-state index is 11.6. The van der Waals surface area contributed by atoms with Gasteiger partial charge in [0.1, 0.15) is 11.4 Å². The molecule has 2 unspecified atom stereocenters. The molecule has 0 bridgehead atoms. The molecule has 114 valence electrons. The van der Waals surface area contributed by atoms with Crippen LogP contribution < -0.4 is 5.32 Å². The summed E-state index contributed by atoms with van der Waals surface area (Å²) in [7, 11) is 0. The topological polar surface area (TPSA) is 67.2 Å². The minimum absolute atomic E-state index is 0.0715. The van der Waals surface area contributed by atoms with Gasteiger partial charge in [-0.25, -0.2) is 4.98 Å². The monoisotopic (exact) mass is 281 g/mol. The number of hydrogen-bond acceptors (Lipinski definition) is 3. The van der Waals surface area contributed by atoms with Crippen LogP contribution in [0.15, 0.2) is 12.4 Å². The number of nitrogens with zero attached hydrogens (tertiary/aromatic N) is 2. The molecule has 0 saturated carbocycles. The highest BCUT2D eigenvalue weighted by Gasteiger charge is 2.35. The van der Waals surface area contributed by atoms with Crippen LogP contribution in [0, 0.1) is 0 Å². The molecule has 0 aliphatic rings. The van der Waals surface area contributed by atoms with E-state index in [1.165, 1.54) is 0 Å². The highest BCUT2D eigenvalue weighted by molar-refractivity contribution is 5.78. The molecule has 1 heterocycles. The Bertz CT molecular complexity index is 454. The van der Waals surface area contributed by atoms with Crippen molar-refractivity contribution >= 4 is 5.97 Å². The summed E-state index contributed by atoms with van der Waals surface area (Å²) >= 11 is 0. The quantitative estimate of drug-likeness (QED) is 0.806. The number of carboxylic acids is 1. The van der Waals surface area contributed by atoms with Crippen molar-refractivity contribution in [1.29, 1.82) is 0 Å². The SMILES string of the molecule is CC(C)NC(C)(CC(C)n1ccnc1C(C)C)C(=O)O. The van der Waals surface area contributed by atoms with E-state index in [-0.39, 0.29) is 12.1 Å². The number of carboxylic acid groups (broad SMARTS) is 1. The predicted octanol–water partition coefficient (Wildman–Crippen LogP) is 2.80. The van der Waals surface area contributed by atoms with Crippen molar-refractivity contribution in [2.45, 2.75) is 71.5 Å². The van der Waals surface area contributed by atoms with Gasteiger partial charge in [0.05, 0.1) is 0 Å². The summed E-state index contributed by atoms with van der Waals surface area (Å²) in [6.07, 6.45) is 4.22. The minimum Gasteiger partial charge on any atom is -0.480 e. The molecule has 1 aromatic heterocycles. The molecule has 5 heteroatoms. The van der Waals surface area contributed by atoms with Gasteiger partial charge in [-0.15, -0.1) is 0 Å². The molecule has 2 N–H and O–H groups in total. The van der Waals surface area contributed by atoms with Crippen LogP contribution in [-0.4, -0.2) is 32.2 Å². The first-order valence-corrected chi connectivity index (χ1v) is 7.21. The summed E-state index contributed by atoms with van der Waals surface area (Å²) in [6, 6.07) is 0.193. The normalized spacial score (nSPS) is 16.4. The van der Waals surface area contributed by atoms with Gasteiger partial charge in [0.25, 0.3) is 0 Å². The molecule has 0 radical (unpaired) electrons. The van der Waals surface area contributed by atoms with Crippen LogP contribution in [-0.2, 0) is 4.79 Å². The molecule has 1 rings (SSSR count). The van der Waals surface area contributed by atoms with Crippen molar-refractivity contribution in [1.82, 2.24) is 14.9 Å². The number of hydrogen-bond donors (Lipinski definition) is 2. The van der Waals surface area contributed by atoms with Gasteiger partial charge < -0.3 is 9.67 Å². The summed E-state index contributed by atoms with van der Waals surface area (Å²) in [4.78, 5) is 16.0. The van der Waals surface area contributed by atoms with E-state index < -0.39 is 11.5 Å². The maximum Gasteiger partial charge on any atom is 0.323 e. The Balaban J connectivity index is 2.94. The molecule has 0 aliphatic heterocycles. The minimum atomic E-state index is -0.938. The fourth-order valence-electron chi connectivity index (χ4n) is 2.68. The third-order valence-corrected chi connectivity index (χ3v) is 3.47. The zero-order valence-electron chi connectivity index (χ0n) is 13.3. The van der Waals surface area contributed by atoms with Crippen molar-refractivity contribution in [2.24, 2.45) is 0 Å². The van der Waals surface area contributed by atoms with Gasteiger partial charge in [0, 0.05) is 30.4 Å². The molecule has 0 aromatic carbocycles. The van der Waals surface area contributed by atoms with Gasteiger partial charge in [-0.1, -0.05) is 13.8 Å². The molecular formula is C15H27N3O2. The van der Waals surface area contributed by atoms with Gasteiger partial charge in [0.2, 0.25) is 0 Å². The lowest BCUT2D eigenvalue weighted by molar-refractivity contribution is -0.145. The first kappa shape index (κ1) is 16.7. The van der Waals surface area contributed by atoms with E-state index in [4.69, 9.17) is 0 Å². The molecular weight excluding hydrogens is 254 g/mol. The maximum absolute atomic E-state index is 11.6.